The summed E-state index contributed by atoms with van der Waals surface area (Å²) in [5.74, 6) is -1.42. The largest absolute Gasteiger partial charge is 0.322 e. The highest BCUT2D eigenvalue weighted by molar-refractivity contribution is 7.89. The Morgan fingerprint density at radius 2 is 1.77 bits per heavy atom. The number of hydrogen-bond acceptors (Lipinski definition) is 3. The standard InChI is InChI=1S/C17H15Cl2FN2O3S/c1-2-9-22(26(24,25)14-6-3-12(18)4-7-14)11-17(23)21-16-8-5-13(19)10-15(16)20/h2-8,10H,1,9,11H2,(H,21,23). The normalized spacial score (nSPS) is 11.4. The minimum absolute atomic E-state index is 0.0192. The molecule has 0 radical (unpaired) electrons. The first-order chi connectivity index (χ1) is 12.2. The van der Waals surface area contributed by atoms with E-state index in [0.29, 0.717) is 5.02 Å². The Balaban J connectivity index is 2.20. The SMILES string of the molecule is C=CCN(CC(=O)Nc1ccc(Cl)cc1F)S(=O)(=O)c1ccc(Cl)cc1. The van der Waals surface area contributed by atoms with Gasteiger partial charge in [0, 0.05) is 16.6 Å². The van der Waals surface area contributed by atoms with Crippen LogP contribution in [0.1, 0.15) is 0 Å². The summed E-state index contributed by atoms with van der Waals surface area (Å²) >= 11 is 11.4. The zero-order valence-electron chi connectivity index (χ0n) is 13.5. The van der Waals surface area contributed by atoms with Crippen LogP contribution in [0.2, 0.25) is 10.0 Å². The third kappa shape index (κ3) is 5.04. The molecule has 2 aromatic rings. The summed E-state index contributed by atoms with van der Waals surface area (Å²) in [6.45, 7) is 2.89. The molecule has 0 fully saturated rings. The minimum Gasteiger partial charge on any atom is -0.322 e. The Bertz CT molecular complexity index is 918. The maximum Gasteiger partial charge on any atom is 0.243 e. The molecule has 0 aliphatic heterocycles. The van der Waals surface area contributed by atoms with Crippen LogP contribution < -0.4 is 5.32 Å². The van der Waals surface area contributed by atoms with E-state index in [1.807, 2.05) is 0 Å². The van der Waals surface area contributed by atoms with E-state index in [9.17, 15) is 17.6 Å². The molecule has 0 unspecified atom stereocenters. The molecule has 0 saturated carbocycles. The molecule has 1 amide bonds. The lowest BCUT2D eigenvalue weighted by Gasteiger charge is -2.20. The molecule has 9 heteroatoms. The second-order valence-corrected chi connectivity index (χ2v) is 8.02. The fourth-order valence-corrected chi connectivity index (χ4v) is 3.74. The smallest absolute Gasteiger partial charge is 0.243 e. The first kappa shape index (κ1) is 20.4. The van der Waals surface area contributed by atoms with Gasteiger partial charge in [0.2, 0.25) is 15.9 Å². The maximum atomic E-state index is 13.8. The van der Waals surface area contributed by atoms with Gasteiger partial charge in [0.1, 0.15) is 5.82 Å². The molecule has 2 aromatic carbocycles. The lowest BCUT2D eigenvalue weighted by Crippen LogP contribution is -2.38. The molecule has 5 nitrogen and oxygen atoms in total. The van der Waals surface area contributed by atoms with Gasteiger partial charge >= 0.3 is 0 Å². The van der Waals surface area contributed by atoms with E-state index in [1.54, 1.807) is 0 Å². The lowest BCUT2D eigenvalue weighted by molar-refractivity contribution is -0.116. The van der Waals surface area contributed by atoms with Crippen molar-refractivity contribution in [1.29, 1.82) is 0 Å². The first-order valence-corrected chi connectivity index (χ1v) is 9.55. The average molecular weight is 417 g/mol. The molecule has 2 rings (SSSR count). The summed E-state index contributed by atoms with van der Waals surface area (Å²) in [6.07, 6.45) is 1.35. The van der Waals surface area contributed by atoms with Crippen molar-refractivity contribution in [2.24, 2.45) is 0 Å². The number of carbonyl (C=O) groups excluding carboxylic acids is 1. The van der Waals surface area contributed by atoms with E-state index in [4.69, 9.17) is 23.2 Å². The van der Waals surface area contributed by atoms with Gasteiger partial charge in [-0.1, -0.05) is 29.3 Å². The Hall–Kier alpha value is -1.93. The van der Waals surface area contributed by atoms with Crippen molar-refractivity contribution in [2.75, 3.05) is 18.4 Å². The number of nitrogens with one attached hydrogen (secondary N) is 1. The summed E-state index contributed by atoms with van der Waals surface area (Å²) in [7, 11) is -3.96. The number of halogens is 3. The highest BCUT2D eigenvalue weighted by atomic mass is 35.5. The fourth-order valence-electron chi connectivity index (χ4n) is 2.09. The zero-order chi connectivity index (χ0) is 19.3. The van der Waals surface area contributed by atoms with Gasteiger partial charge in [-0.3, -0.25) is 4.79 Å². The van der Waals surface area contributed by atoms with E-state index < -0.39 is 28.3 Å². The Labute approximate surface area is 161 Å². The van der Waals surface area contributed by atoms with Gasteiger partial charge in [0.15, 0.2) is 0 Å². The Kier molecular flexibility index (Phi) is 6.77. The molecule has 0 saturated heterocycles. The van der Waals surface area contributed by atoms with Crippen molar-refractivity contribution in [1.82, 2.24) is 4.31 Å². The molecular weight excluding hydrogens is 402 g/mol. The molecule has 1 N–H and O–H groups in total. The van der Waals surface area contributed by atoms with Crippen LogP contribution in [-0.2, 0) is 14.8 Å². The van der Waals surface area contributed by atoms with Crippen molar-refractivity contribution in [3.8, 4) is 0 Å². The van der Waals surface area contributed by atoms with E-state index in [2.05, 4.69) is 11.9 Å². The molecule has 138 valence electrons. The van der Waals surface area contributed by atoms with Crippen molar-refractivity contribution in [3.05, 3.63) is 71.0 Å². The number of rotatable bonds is 7. The van der Waals surface area contributed by atoms with Crippen LogP contribution in [0.25, 0.3) is 0 Å². The third-order valence-electron chi connectivity index (χ3n) is 3.31. The van der Waals surface area contributed by atoms with Crippen molar-refractivity contribution < 1.29 is 17.6 Å². The molecule has 0 aromatic heterocycles. The average Bonchev–Trinajstić information content (AvgIpc) is 2.57. The van der Waals surface area contributed by atoms with E-state index in [-0.39, 0.29) is 22.2 Å². The van der Waals surface area contributed by atoms with Crippen LogP contribution in [0.4, 0.5) is 10.1 Å². The number of sulfonamides is 1. The number of benzene rings is 2. The summed E-state index contributed by atoms with van der Waals surface area (Å²) in [5.41, 5.74) is -0.0955. The fraction of sp³-hybridized carbons (Fsp3) is 0.118. The maximum absolute atomic E-state index is 13.8. The van der Waals surface area contributed by atoms with Gasteiger partial charge in [-0.2, -0.15) is 4.31 Å². The minimum atomic E-state index is -3.96. The van der Waals surface area contributed by atoms with Gasteiger partial charge in [0.25, 0.3) is 0 Å². The Morgan fingerprint density at radius 1 is 1.15 bits per heavy atom. The quantitative estimate of drug-likeness (QED) is 0.694. The second-order valence-electron chi connectivity index (χ2n) is 5.21. The molecule has 0 aliphatic carbocycles. The van der Waals surface area contributed by atoms with Crippen molar-refractivity contribution in [2.45, 2.75) is 4.90 Å². The predicted molar refractivity (Wildman–Crippen MR) is 100 cm³/mol. The van der Waals surface area contributed by atoms with E-state index in [0.717, 1.165) is 10.4 Å². The van der Waals surface area contributed by atoms with Gasteiger partial charge in [-0.25, -0.2) is 12.8 Å². The number of amides is 1. The number of nitrogens with zero attached hydrogens (tertiary/aromatic N) is 1. The van der Waals surface area contributed by atoms with Crippen LogP contribution in [0.5, 0.6) is 0 Å². The topological polar surface area (TPSA) is 66.5 Å². The molecule has 0 spiro atoms. The number of carbonyl (C=O) groups is 1. The van der Waals surface area contributed by atoms with Crippen LogP contribution in [0.15, 0.2) is 60.0 Å². The van der Waals surface area contributed by atoms with Crippen molar-refractivity contribution >= 4 is 44.8 Å². The van der Waals surface area contributed by atoms with Gasteiger partial charge in [-0.05, 0) is 42.5 Å². The first-order valence-electron chi connectivity index (χ1n) is 7.35. The number of hydrogen-bond donors (Lipinski definition) is 1. The summed E-state index contributed by atoms with van der Waals surface area (Å²) in [5, 5.41) is 2.89. The predicted octanol–water partition coefficient (Wildman–Crippen LogP) is 3.95. The van der Waals surface area contributed by atoms with E-state index in [1.165, 1.54) is 42.5 Å². The number of anilines is 1. The lowest BCUT2D eigenvalue weighted by atomic mass is 10.3. The zero-order valence-corrected chi connectivity index (χ0v) is 15.8. The van der Waals surface area contributed by atoms with Gasteiger partial charge in [-0.15, -0.1) is 6.58 Å². The monoisotopic (exact) mass is 416 g/mol. The Morgan fingerprint density at radius 3 is 2.35 bits per heavy atom. The molecule has 0 bridgehead atoms. The third-order valence-corrected chi connectivity index (χ3v) is 5.62. The molecule has 0 aliphatic rings. The molecular formula is C17H15Cl2FN2O3S. The van der Waals surface area contributed by atoms with Gasteiger partial charge < -0.3 is 5.32 Å². The molecule has 26 heavy (non-hydrogen) atoms. The van der Waals surface area contributed by atoms with Gasteiger partial charge in [0.05, 0.1) is 17.1 Å². The molecule has 0 heterocycles. The van der Waals surface area contributed by atoms with E-state index >= 15 is 0 Å². The van der Waals surface area contributed by atoms with Crippen molar-refractivity contribution in [3.63, 3.8) is 0 Å². The second kappa shape index (κ2) is 8.64. The van der Waals surface area contributed by atoms with Crippen LogP contribution in [-0.4, -0.2) is 31.7 Å². The van der Waals surface area contributed by atoms with Crippen LogP contribution >= 0.6 is 23.2 Å². The highest BCUT2D eigenvalue weighted by Crippen LogP contribution is 2.20. The summed E-state index contributed by atoms with van der Waals surface area (Å²) in [6, 6.07) is 9.29. The highest BCUT2D eigenvalue weighted by Gasteiger charge is 2.26. The van der Waals surface area contributed by atoms with Crippen LogP contribution in [0, 0.1) is 5.82 Å². The van der Waals surface area contributed by atoms with Crippen LogP contribution in [0.3, 0.4) is 0 Å². The molecule has 0 atom stereocenters. The summed E-state index contributed by atoms with van der Waals surface area (Å²) < 4.78 is 40.1. The summed E-state index contributed by atoms with van der Waals surface area (Å²) in [4.78, 5) is 12.2.